The van der Waals surface area contributed by atoms with Gasteiger partial charge in [0.05, 0.1) is 0 Å². The van der Waals surface area contributed by atoms with Crippen LogP contribution in [0.25, 0.3) is 0 Å². The van der Waals surface area contributed by atoms with Crippen LogP contribution in [0.3, 0.4) is 0 Å². The molecular weight excluding hydrogens is 516 g/mol. The van der Waals surface area contributed by atoms with Gasteiger partial charge in [-0.05, 0) is 19.4 Å². The largest absolute Gasteiger partial charge is 0.477 e. The smallest absolute Gasteiger partial charge is 0.352 e. The Balaban J connectivity index is 1.79. The second-order valence-corrected chi connectivity index (χ2v) is 9.67. The summed E-state index contributed by atoms with van der Waals surface area (Å²) in [6.45, 7) is 4.14. The fraction of sp³-hybridized carbons (Fsp3) is 0.360. The third kappa shape index (κ3) is 5.88. The van der Waals surface area contributed by atoms with E-state index in [-0.39, 0.29) is 23.6 Å². The van der Waals surface area contributed by atoms with Gasteiger partial charge >= 0.3 is 18.0 Å². The molecule has 3 atom stereocenters. The van der Waals surface area contributed by atoms with Crippen molar-refractivity contribution in [3.8, 4) is 0 Å². The number of aliphatic carboxylic acids is 1. The summed E-state index contributed by atoms with van der Waals surface area (Å²) in [4.78, 5) is 76.5. The quantitative estimate of drug-likeness (QED) is 0.248. The van der Waals surface area contributed by atoms with Crippen LogP contribution in [0.4, 0.5) is 4.79 Å². The third-order valence-electron chi connectivity index (χ3n) is 6.04. The highest BCUT2D eigenvalue weighted by atomic mass is 32.2. The second-order valence-electron chi connectivity index (χ2n) is 8.56. The highest BCUT2D eigenvalue weighted by molar-refractivity contribution is 8.00. The normalized spacial score (nSPS) is 19.5. The molecular formula is C25H28N4O8S. The molecule has 1 saturated heterocycles. The summed E-state index contributed by atoms with van der Waals surface area (Å²) in [6.07, 6.45) is 1.56. The van der Waals surface area contributed by atoms with Crippen molar-refractivity contribution in [3.63, 3.8) is 0 Å². The van der Waals surface area contributed by atoms with Gasteiger partial charge in [-0.15, -0.1) is 11.8 Å². The van der Waals surface area contributed by atoms with Gasteiger partial charge in [0.25, 0.3) is 11.8 Å². The summed E-state index contributed by atoms with van der Waals surface area (Å²) in [6, 6.07) is 5.18. The number of hydrogen-bond acceptors (Lipinski definition) is 8. The summed E-state index contributed by atoms with van der Waals surface area (Å²) in [5.41, 5.74) is 0.744. The molecule has 5 amide bonds. The lowest BCUT2D eigenvalue weighted by Gasteiger charge is -2.49. The molecule has 2 heterocycles. The third-order valence-corrected chi connectivity index (χ3v) is 7.38. The first kappa shape index (κ1) is 28.4. The number of rotatable bonds is 8. The van der Waals surface area contributed by atoms with Gasteiger partial charge in [0, 0.05) is 30.9 Å². The summed E-state index contributed by atoms with van der Waals surface area (Å²) in [5.74, 6) is -3.67. The number of carbonyl (C=O) groups is 6. The first-order chi connectivity index (χ1) is 18.0. The predicted molar refractivity (Wildman–Crippen MR) is 136 cm³/mol. The van der Waals surface area contributed by atoms with E-state index in [1.54, 1.807) is 50.3 Å². The van der Waals surface area contributed by atoms with Gasteiger partial charge < -0.3 is 20.5 Å². The Morgan fingerprint density at radius 1 is 1.21 bits per heavy atom. The molecule has 13 heteroatoms. The number of hydrogen-bond donors (Lipinski definition) is 3. The minimum atomic E-state index is -1.35. The summed E-state index contributed by atoms with van der Waals surface area (Å²) < 4.78 is 4.92. The predicted octanol–water partition coefficient (Wildman–Crippen LogP) is 1.16. The highest BCUT2D eigenvalue weighted by Gasteiger charge is 2.54. The monoisotopic (exact) mass is 544 g/mol. The number of nitrogens with zero attached hydrogens (tertiary/aromatic N) is 2. The Labute approximate surface area is 223 Å². The first-order valence-electron chi connectivity index (χ1n) is 11.6. The number of carbonyl (C=O) groups excluding carboxylic acids is 5. The molecule has 0 aliphatic carbocycles. The highest BCUT2D eigenvalue weighted by Crippen LogP contribution is 2.40. The van der Waals surface area contributed by atoms with Crippen molar-refractivity contribution in [1.82, 2.24) is 20.4 Å². The summed E-state index contributed by atoms with van der Waals surface area (Å²) in [7, 11) is 1.28. The van der Waals surface area contributed by atoms with E-state index < -0.39 is 53.1 Å². The minimum Gasteiger partial charge on any atom is -0.477 e. The van der Waals surface area contributed by atoms with Crippen LogP contribution in [0.15, 0.2) is 53.3 Å². The number of amides is 5. The fourth-order valence-corrected chi connectivity index (χ4v) is 5.19. The van der Waals surface area contributed by atoms with Crippen LogP contribution in [0.5, 0.6) is 0 Å². The Morgan fingerprint density at radius 2 is 1.87 bits per heavy atom. The number of imide groups is 1. The van der Waals surface area contributed by atoms with Crippen molar-refractivity contribution in [2.75, 3.05) is 19.4 Å². The van der Waals surface area contributed by atoms with Gasteiger partial charge in [0.15, 0.2) is 0 Å². The van der Waals surface area contributed by atoms with Crippen LogP contribution < -0.4 is 10.6 Å². The average Bonchev–Trinajstić information content (AvgIpc) is 2.91. The molecule has 1 aromatic rings. The fourth-order valence-electron chi connectivity index (χ4n) is 3.87. The minimum absolute atomic E-state index is 0.172. The molecule has 0 spiro atoms. The topological polar surface area (TPSA) is 162 Å². The van der Waals surface area contributed by atoms with Gasteiger partial charge in [0.1, 0.15) is 29.8 Å². The maximum atomic E-state index is 13.3. The molecule has 2 unspecified atom stereocenters. The van der Waals surface area contributed by atoms with Crippen molar-refractivity contribution in [1.29, 1.82) is 0 Å². The van der Waals surface area contributed by atoms with Crippen molar-refractivity contribution in [3.05, 3.63) is 58.8 Å². The number of likely N-dealkylation sites (N-methyl/N-ethyl adjacent to an activating group) is 1. The van der Waals surface area contributed by atoms with Crippen LogP contribution in [0, 0.1) is 0 Å². The van der Waals surface area contributed by atoms with Gasteiger partial charge in [-0.1, -0.05) is 36.4 Å². The number of allylic oxidation sites excluding steroid dienone is 1. The lowest BCUT2D eigenvalue weighted by molar-refractivity contribution is -0.151. The zero-order valence-electron chi connectivity index (χ0n) is 21.2. The molecule has 1 fully saturated rings. The number of fused-ring (bicyclic) bond motifs is 1. The average molecular weight is 545 g/mol. The molecule has 0 saturated carbocycles. The zero-order chi connectivity index (χ0) is 28.1. The van der Waals surface area contributed by atoms with E-state index in [9.17, 15) is 33.9 Å². The van der Waals surface area contributed by atoms with E-state index in [4.69, 9.17) is 4.74 Å². The Hall–Kier alpha value is -4.13. The molecule has 12 nitrogen and oxygen atoms in total. The van der Waals surface area contributed by atoms with E-state index in [0.29, 0.717) is 11.1 Å². The van der Waals surface area contributed by atoms with E-state index in [1.807, 2.05) is 0 Å². The van der Waals surface area contributed by atoms with Crippen molar-refractivity contribution in [2.24, 2.45) is 0 Å². The van der Waals surface area contributed by atoms with Crippen LogP contribution >= 0.6 is 11.8 Å². The van der Waals surface area contributed by atoms with Gasteiger partial charge in [-0.2, -0.15) is 0 Å². The summed E-state index contributed by atoms with van der Waals surface area (Å²) >= 11 is 1.22. The number of thioether (sulfide) groups is 1. The van der Waals surface area contributed by atoms with Crippen LogP contribution in [0.2, 0.25) is 0 Å². The molecule has 0 bridgehead atoms. The number of benzene rings is 1. The molecule has 38 heavy (non-hydrogen) atoms. The number of nitrogens with one attached hydrogen (secondary N) is 2. The van der Waals surface area contributed by atoms with Crippen molar-refractivity contribution < 1.29 is 38.6 Å². The number of esters is 1. The van der Waals surface area contributed by atoms with Crippen LogP contribution in [-0.2, 0) is 28.7 Å². The number of β-lactam (4-membered cyclic amide) rings is 1. The number of carboxylic acids is 1. The first-order valence-corrected chi connectivity index (χ1v) is 12.6. The molecule has 3 N–H and O–H groups in total. The van der Waals surface area contributed by atoms with E-state index in [2.05, 4.69) is 10.6 Å². The Morgan fingerprint density at radius 3 is 2.45 bits per heavy atom. The number of ether oxygens (including phenoxy) is 1. The summed E-state index contributed by atoms with van der Waals surface area (Å²) in [5, 5.41) is 14.1. The molecule has 0 aromatic heterocycles. The Bertz CT molecular complexity index is 1230. The lowest BCUT2D eigenvalue weighted by atomic mass is 10.0. The molecule has 3 rings (SSSR count). The molecule has 202 valence electrons. The van der Waals surface area contributed by atoms with E-state index in [0.717, 1.165) is 9.80 Å². The van der Waals surface area contributed by atoms with Crippen molar-refractivity contribution >= 4 is 47.5 Å². The van der Waals surface area contributed by atoms with Gasteiger partial charge in [0.2, 0.25) is 5.91 Å². The standard InChI is InChI=1S/C25H28N4O8S/c1-5-13(2)21(32)28(4)25(36)27-17(15-9-7-6-8-10-15)20(31)26-18-22(33)29-19(24(34)35)16(11-37-14(3)30)12-38-23(18)29/h5-10,17-18,23H,11-12H2,1-4H3,(H,26,31)(H,27,36)(H,34,35)/t17?,18?,23-/m0/s1. The molecule has 2 aliphatic rings. The second kappa shape index (κ2) is 11.9. The SMILES string of the molecule is CC=C(C)C(=O)N(C)C(=O)NC(C(=O)NC1C(=O)N2C(C(=O)O)=C(COC(C)=O)CS[C@@H]12)c1ccccc1. The van der Waals surface area contributed by atoms with Crippen LogP contribution in [-0.4, -0.2) is 81.4 Å². The van der Waals surface area contributed by atoms with Gasteiger partial charge in [-0.3, -0.25) is 29.0 Å². The number of carboxylic acid groups (broad SMARTS) is 1. The number of urea groups is 1. The molecule has 1 aromatic carbocycles. The van der Waals surface area contributed by atoms with Crippen LogP contribution in [0.1, 0.15) is 32.4 Å². The maximum Gasteiger partial charge on any atom is 0.352 e. The molecule has 0 radical (unpaired) electrons. The van der Waals surface area contributed by atoms with E-state index >= 15 is 0 Å². The Kier molecular flexibility index (Phi) is 8.94. The molecule has 2 aliphatic heterocycles. The lowest BCUT2D eigenvalue weighted by Crippen LogP contribution is -2.71. The van der Waals surface area contributed by atoms with Crippen molar-refractivity contribution in [2.45, 2.75) is 38.2 Å². The van der Waals surface area contributed by atoms with Gasteiger partial charge in [-0.25, -0.2) is 9.59 Å². The van der Waals surface area contributed by atoms with E-state index in [1.165, 1.54) is 25.7 Å². The zero-order valence-corrected chi connectivity index (χ0v) is 22.0. The maximum absolute atomic E-state index is 13.3.